The van der Waals surface area contributed by atoms with E-state index in [4.69, 9.17) is 0 Å². The maximum atomic E-state index is 12.7. The fourth-order valence-electron chi connectivity index (χ4n) is 4.97. The van der Waals surface area contributed by atoms with Crippen LogP contribution in [0.25, 0.3) is 0 Å². The van der Waals surface area contributed by atoms with Gasteiger partial charge in [0.1, 0.15) is 0 Å². The number of amides is 2. The number of piperidine rings is 2. The molecule has 21 heavy (non-hydrogen) atoms. The van der Waals surface area contributed by atoms with Crippen LogP contribution in [0.4, 0.5) is 0 Å². The van der Waals surface area contributed by atoms with E-state index in [1.807, 2.05) is 4.90 Å². The number of fused-ring (bicyclic) bond motifs is 3. The van der Waals surface area contributed by atoms with Crippen molar-refractivity contribution in [2.24, 2.45) is 11.8 Å². The van der Waals surface area contributed by atoms with Crippen LogP contribution in [0.3, 0.4) is 0 Å². The second-order valence-electron chi connectivity index (χ2n) is 7.33. The molecule has 0 aromatic rings. The van der Waals surface area contributed by atoms with Crippen molar-refractivity contribution >= 4 is 11.8 Å². The van der Waals surface area contributed by atoms with Gasteiger partial charge in [-0.3, -0.25) is 9.59 Å². The van der Waals surface area contributed by atoms with Gasteiger partial charge in [0.15, 0.2) is 0 Å². The lowest BCUT2D eigenvalue weighted by molar-refractivity contribution is -0.137. The Morgan fingerprint density at radius 1 is 1.19 bits per heavy atom. The third-order valence-electron chi connectivity index (χ3n) is 5.96. The zero-order chi connectivity index (χ0) is 14.4. The Hall–Kier alpha value is -1.10. The highest BCUT2D eigenvalue weighted by molar-refractivity contribution is 5.84. The highest BCUT2D eigenvalue weighted by Gasteiger charge is 2.43. The SMILES string of the molecule is O=C1NCC2C1CCCN2C(=O)CC1CC2CCC(C1)N2. The van der Waals surface area contributed by atoms with Crippen molar-refractivity contribution in [2.45, 2.75) is 63.1 Å². The van der Waals surface area contributed by atoms with Gasteiger partial charge in [-0.1, -0.05) is 0 Å². The van der Waals surface area contributed by atoms with E-state index < -0.39 is 0 Å². The lowest BCUT2D eigenvalue weighted by Gasteiger charge is -2.37. The number of rotatable bonds is 2. The van der Waals surface area contributed by atoms with Crippen LogP contribution in [-0.2, 0) is 9.59 Å². The molecule has 4 saturated heterocycles. The number of likely N-dealkylation sites (tertiary alicyclic amines) is 1. The van der Waals surface area contributed by atoms with E-state index >= 15 is 0 Å². The molecule has 2 bridgehead atoms. The third kappa shape index (κ3) is 2.45. The summed E-state index contributed by atoms with van der Waals surface area (Å²) in [5.41, 5.74) is 0. The van der Waals surface area contributed by atoms with Crippen LogP contribution in [0.15, 0.2) is 0 Å². The van der Waals surface area contributed by atoms with E-state index in [-0.39, 0.29) is 23.8 Å². The van der Waals surface area contributed by atoms with Crippen LogP contribution in [0.2, 0.25) is 0 Å². The molecule has 0 saturated carbocycles. The highest BCUT2D eigenvalue weighted by atomic mass is 16.2. The van der Waals surface area contributed by atoms with E-state index in [0.717, 1.165) is 32.2 Å². The smallest absolute Gasteiger partial charge is 0.225 e. The van der Waals surface area contributed by atoms with Gasteiger partial charge in [0, 0.05) is 31.6 Å². The first-order valence-corrected chi connectivity index (χ1v) is 8.54. The summed E-state index contributed by atoms with van der Waals surface area (Å²) < 4.78 is 0. The Bertz CT molecular complexity index is 441. The standard InChI is InChI=1S/C16H25N3O2/c20-15(8-10-6-11-3-4-12(7-10)18-11)19-5-1-2-13-14(19)9-17-16(13)21/h10-14,18H,1-9H2,(H,17,21). The lowest BCUT2D eigenvalue weighted by Crippen LogP contribution is -2.49. The number of carbonyl (C=O) groups is 2. The van der Waals surface area contributed by atoms with Crippen LogP contribution >= 0.6 is 0 Å². The molecule has 4 heterocycles. The van der Waals surface area contributed by atoms with E-state index in [2.05, 4.69) is 10.6 Å². The van der Waals surface area contributed by atoms with E-state index in [1.54, 1.807) is 0 Å². The Balaban J connectivity index is 1.39. The summed E-state index contributed by atoms with van der Waals surface area (Å²) >= 11 is 0. The number of carbonyl (C=O) groups excluding carboxylic acids is 2. The second-order valence-corrected chi connectivity index (χ2v) is 7.33. The molecular formula is C16H25N3O2. The topological polar surface area (TPSA) is 61.4 Å². The summed E-state index contributed by atoms with van der Waals surface area (Å²) in [6.07, 6.45) is 7.47. The van der Waals surface area contributed by atoms with Crippen molar-refractivity contribution in [2.75, 3.05) is 13.1 Å². The minimum Gasteiger partial charge on any atom is -0.354 e. The molecule has 0 aromatic carbocycles. The third-order valence-corrected chi connectivity index (χ3v) is 5.96. The van der Waals surface area contributed by atoms with E-state index in [9.17, 15) is 9.59 Å². The summed E-state index contributed by atoms with van der Waals surface area (Å²) in [5, 5.41) is 6.57. The molecule has 4 aliphatic heterocycles. The van der Waals surface area contributed by atoms with E-state index in [0.29, 0.717) is 31.0 Å². The molecule has 0 spiro atoms. The first kappa shape index (κ1) is 13.6. The first-order chi connectivity index (χ1) is 10.2. The Labute approximate surface area is 125 Å². The van der Waals surface area contributed by atoms with Crippen molar-refractivity contribution in [3.63, 3.8) is 0 Å². The molecule has 4 unspecified atom stereocenters. The van der Waals surface area contributed by atoms with Crippen LogP contribution in [-0.4, -0.2) is 47.9 Å². The average Bonchev–Trinajstić information content (AvgIpc) is 3.02. The lowest BCUT2D eigenvalue weighted by atomic mass is 9.87. The molecule has 2 N–H and O–H groups in total. The van der Waals surface area contributed by atoms with Crippen LogP contribution in [0.1, 0.15) is 44.9 Å². The zero-order valence-corrected chi connectivity index (χ0v) is 12.5. The first-order valence-electron chi connectivity index (χ1n) is 8.54. The van der Waals surface area contributed by atoms with Gasteiger partial charge in [-0.2, -0.15) is 0 Å². The predicted molar refractivity (Wildman–Crippen MR) is 78.5 cm³/mol. The fraction of sp³-hybridized carbons (Fsp3) is 0.875. The maximum Gasteiger partial charge on any atom is 0.225 e. The van der Waals surface area contributed by atoms with Gasteiger partial charge >= 0.3 is 0 Å². The van der Waals surface area contributed by atoms with Crippen molar-refractivity contribution < 1.29 is 9.59 Å². The van der Waals surface area contributed by atoms with Gasteiger partial charge in [0.2, 0.25) is 11.8 Å². The molecule has 2 amide bonds. The van der Waals surface area contributed by atoms with Crippen molar-refractivity contribution in [1.29, 1.82) is 0 Å². The average molecular weight is 291 g/mol. The van der Waals surface area contributed by atoms with Gasteiger partial charge in [0.25, 0.3) is 0 Å². The quantitative estimate of drug-likeness (QED) is 0.785. The number of hydrogen-bond acceptors (Lipinski definition) is 3. The van der Waals surface area contributed by atoms with Gasteiger partial charge in [0.05, 0.1) is 12.0 Å². The number of nitrogens with zero attached hydrogens (tertiary/aromatic N) is 1. The summed E-state index contributed by atoms with van der Waals surface area (Å²) in [7, 11) is 0. The molecule has 5 nitrogen and oxygen atoms in total. The molecular weight excluding hydrogens is 266 g/mol. The number of nitrogens with one attached hydrogen (secondary N) is 2. The molecule has 0 aromatic heterocycles. The molecule has 0 radical (unpaired) electrons. The normalized spacial score (nSPS) is 41.8. The van der Waals surface area contributed by atoms with Crippen molar-refractivity contribution in [3.05, 3.63) is 0 Å². The molecule has 4 atom stereocenters. The summed E-state index contributed by atoms with van der Waals surface area (Å²) in [5.74, 6) is 1.03. The fourth-order valence-corrected chi connectivity index (χ4v) is 4.97. The highest BCUT2D eigenvalue weighted by Crippen LogP contribution is 2.34. The minimum atomic E-state index is 0.0481. The van der Waals surface area contributed by atoms with Crippen molar-refractivity contribution in [3.8, 4) is 0 Å². The van der Waals surface area contributed by atoms with Gasteiger partial charge in [-0.25, -0.2) is 0 Å². The van der Waals surface area contributed by atoms with Crippen LogP contribution in [0, 0.1) is 11.8 Å². The summed E-state index contributed by atoms with van der Waals surface area (Å²) in [4.78, 5) is 26.5. The second kappa shape index (κ2) is 5.27. The molecule has 4 rings (SSSR count). The number of hydrogen-bond donors (Lipinski definition) is 2. The van der Waals surface area contributed by atoms with Gasteiger partial charge < -0.3 is 15.5 Å². The molecule has 5 heteroatoms. The Morgan fingerprint density at radius 2 is 1.95 bits per heavy atom. The zero-order valence-electron chi connectivity index (χ0n) is 12.5. The van der Waals surface area contributed by atoms with Gasteiger partial charge in [-0.05, 0) is 44.4 Å². The maximum absolute atomic E-state index is 12.7. The summed E-state index contributed by atoms with van der Waals surface area (Å²) in [6.45, 7) is 1.50. The Morgan fingerprint density at radius 3 is 2.71 bits per heavy atom. The van der Waals surface area contributed by atoms with Crippen LogP contribution in [0.5, 0.6) is 0 Å². The van der Waals surface area contributed by atoms with Crippen LogP contribution < -0.4 is 10.6 Å². The molecule has 0 aliphatic carbocycles. The molecule has 116 valence electrons. The molecule has 4 fully saturated rings. The molecule has 4 aliphatic rings. The monoisotopic (exact) mass is 291 g/mol. The minimum absolute atomic E-state index is 0.0481. The van der Waals surface area contributed by atoms with Crippen molar-refractivity contribution in [1.82, 2.24) is 15.5 Å². The Kier molecular flexibility index (Phi) is 3.40. The largest absolute Gasteiger partial charge is 0.354 e. The van der Waals surface area contributed by atoms with Gasteiger partial charge in [-0.15, -0.1) is 0 Å². The predicted octanol–water partition coefficient (Wildman–Crippen LogP) is 0.644. The summed E-state index contributed by atoms with van der Waals surface area (Å²) in [6, 6.07) is 1.41. The van der Waals surface area contributed by atoms with E-state index in [1.165, 1.54) is 12.8 Å².